The van der Waals surface area contributed by atoms with Gasteiger partial charge < -0.3 is 15.0 Å². The molecule has 1 amide bonds. The summed E-state index contributed by atoms with van der Waals surface area (Å²) in [6, 6.07) is 1.43. The normalized spacial score (nSPS) is 17.1. The summed E-state index contributed by atoms with van der Waals surface area (Å²) >= 11 is 0. The summed E-state index contributed by atoms with van der Waals surface area (Å²) < 4.78 is 7.16. The number of aryl methyl sites for hydroxylation is 1. The smallest absolute Gasteiger partial charge is 0.273 e. The molecule has 0 bridgehead atoms. The SMILES string of the molecule is Cc1cc(=O)[nH]c(CCNC(=O)c2cn(C[C@@H]3CCCO3)nn2)n1. The second-order valence-electron chi connectivity index (χ2n) is 5.80. The van der Waals surface area contributed by atoms with Crippen LogP contribution in [0.2, 0.25) is 0 Å². The number of carbonyl (C=O) groups excluding carboxylic acids is 1. The minimum atomic E-state index is -0.302. The highest BCUT2D eigenvalue weighted by Crippen LogP contribution is 2.13. The molecule has 1 atom stereocenters. The first kappa shape index (κ1) is 16.3. The molecule has 2 aromatic rings. The molecule has 0 unspecified atom stereocenters. The van der Waals surface area contributed by atoms with Crippen molar-refractivity contribution < 1.29 is 9.53 Å². The van der Waals surface area contributed by atoms with Gasteiger partial charge in [0.05, 0.1) is 18.8 Å². The Balaban J connectivity index is 1.49. The fourth-order valence-corrected chi connectivity index (χ4v) is 2.63. The minimum Gasteiger partial charge on any atom is -0.376 e. The quantitative estimate of drug-likeness (QED) is 0.758. The second-order valence-corrected chi connectivity index (χ2v) is 5.80. The summed E-state index contributed by atoms with van der Waals surface area (Å²) in [6.45, 7) is 3.49. The zero-order valence-corrected chi connectivity index (χ0v) is 13.5. The van der Waals surface area contributed by atoms with Crippen LogP contribution in [-0.2, 0) is 17.7 Å². The van der Waals surface area contributed by atoms with E-state index in [4.69, 9.17) is 4.74 Å². The molecule has 0 radical (unpaired) electrons. The molecule has 0 saturated carbocycles. The molecule has 2 N–H and O–H groups in total. The monoisotopic (exact) mass is 332 g/mol. The fourth-order valence-electron chi connectivity index (χ4n) is 2.63. The molecular weight excluding hydrogens is 312 g/mol. The van der Waals surface area contributed by atoms with Crippen LogP contribution in [0, 0.1) is 6.92 Å². The van der Waals surface area contributed by atoms with Gasteiger partial charge in [-0.15, -0.1) is 5.10 Å². The van der Waals surface area contributed by atoms with E-state index in [0.29, 0.717) is 31.0 Å². The largest absolute Gasteiger partial charge is 0.376 e. The lowest BCUT2D eigenvalue weighted by Crippen LogP contribution is -2.27. The summed E-state index contributed by atoms with van der Waals surface area (Å²) in [4.78, 5) is 30.3. The number of nitrogens with one attached hydrogen (secondary N) is 2. The van der Waals surface area contributed by atoms with Crippen LogP contribution in [0.3, 0.4) is 0 Å². The lowest BCUT2D eigenvalue weighted by Gasteiger charge is -2.07. The van der Waals surface area contributed by atoms with E-state index in [0.717, 1.165) is 19.4 Å². The van der Waals surface area contributed by atoms with E-state index in [2.05, 4.69) is 25.6 Å². The first-order valence-corrected chi connectivity index (χ1v) is 7.97. The van der Waals surface area contributed by atoms with Gasteiger partial charge >= 0.3 is 0 Å². The maximum Gasteiger partial charge on any atom is 0.273 e. The Bertz CT molecular complexity index is 763. The van der Waals surface area contributed by atoms with Crippen molar-refractivity contribution in [3.63, 3.8) is 0 Å². The van der Waals surface area contributed by atoms with Crippen molar-refractivity contribution in [2.75, 3.05) is 13.2 Å². The van der Waals surface area contributed by atoms with Crippen LogP contribution in [0.5, 0.6) is 0 Å². The first-order chi connectivity index (χ1) is 11.6. The van der Waals surface area contributed by atoms with E-state index >= 15 is 0 Å². The van der Waals surface area contributed by atoms with Crippen LogP contribution < -0.4 is 10.9 Å². The van der Waals surface area contributed by atoms with Gasteiger partial charge in [-0.25, -0.2) is 9.67 Å². The van der Waals surface area contributed by atoms with Gasteiger partial charge in [-0.2, -0.15) is 0 Å². The van der Waals surface area contributed by atoms with E-state index in [-0.39, 0.29) is 23.3 Å². The lowest BCUT2D eigenvalue weighted by atomic mass is 10.2. The van der Waals surface area contributed by atoms with Gasteiger partial charge in [0.25, 0.3) is 11.5 Å². The average Bonchev–Trinajstić information content (AvgIpc) is 3.18. The maximum atomic E-state index is 12.1. The summed E-state index contributed by atoms with van der Waals surface area (Å²) in [5.41, 5.74) is 0.719. The molecule has 3 rings (SSSR count). The fraction of sp³-hybridized carbons (Fsp3) is 0.533. The van der Waals surface area contributed by atoms with E-state index in [1.54, 1.807) is 17.8 Å². The summed E-state index contributed by atoms with van der Waals surface area (Å²) in [5.74, 6) is 0.242. The molecule has 0 aliphatic carbocycles. The number of hydrogen-bond acceptors (Lipinski definition) is 6. The summed E-state index contributed by atoms with van der Waals surface area (Å²) in [6.07, 6.45) is 4.26. The third-order valence-electron chi connectivity index (χ3n) is 3.75. The van der Waals surface area contributed by atoms with Gasteiger partial charge in [-0.3, -0.25) is 9.59 Å². The predicted molar refractivity (Wildman–Crippen MR) is 84.6 cm³/mol. The highest BCUT2D eigenvalue weighted by molar-refractivity contribution is 5.91. The standard InChI is InChI=1S/C15H20N6O3/c1-10-7-14(22)18-13(17-10)4-5-16-15(23)12-9-21(20-19-12)8-11-3-2-6-24-11/h7,9,11H,2-6,8H2,1H3,(H,16,23)(H,17,18,22)/t11-/m0/s1. The predicted octanol–water partition coefficient (Wildman–Crippen LogP) is -0.179. The van der Waals surface area contributed by atoms with Crippen LogP contribution in [-0.4, -0.2) is 50.1 Å². The van der Waals surface area contributed by atoms with Gasteiger partial charge in [-0.05, 0) is 19.8 Å². The zero-order valence-electron chi connectivity index (χ0n) is 13.5. The van der Waals surface area contributed by atoms with Crippen molar-refractivity contribution in [2.24, 2.45) is 0 Å². The Kier molecular flexibility index (Phi) is 4.99. The lowest BCUT2D eigenvalue weighted by molar-refractivity contribution is 0.0930. The zero-order chi connectivity index (χ0) is 16.9. The number of rotatable bonds is 6. The van der Waals surface area contributed by atoms with Crippen molar-refractivity contribution in [3.8, 4) is 0 Å². The molecule has 1 aliphatic rings. The van der Waals surface area contributed by atoms with Crippen molar-refractivity contribution in [1.82, 2.24) is 30.3 Å². The third-order valence-corrected chi connectivity index (χ3v) is 3.75. The van der Waals surface area contributed by atoms with Gasteiger partial charge in [0, 0.05) is 31.3 Å². The molecule has 3 heterocycles. The molecule has 0 spiro atoms. The van der Waals surface area contributed by atoms with Crippen LogP contribution in [0.15, 0.2) is 17.1 Å². The number of aromatic amines is 1. The Morgan fingerprint density at radius 2 is 2.42 bits per heavy atom. The molecule has 9 heteroatoms. The molecule has 128 valence electrons. The molecule has 0 aromatic carbocycles. The number of amides is 1. The van der Waals surface area contributed by atoms with Crippen LogP contribution in [0.25, 0.3) is 0 Å². The van der Waals surface area contributed by atoms with E-state index in [1.807, 2.05) is 0 Å². The third kappa shape index (κ3) is 4.25. The van der Waals surface area contributed by atoms with Gasteiger partial charge in [0.15, 0.2) is 5.69 Å². The molecule has 24 heavy (non-hydrogen) atoms. The van der Waals surface area contributed by atoms with E-state index < -0.39 is 0 Å². The Morgan fingerprint density at radius 3 is 3.17 bits per heavy atom. The van der Waals surface area contributed by atoms with Crippen molar-refractivity contribution in [2.45, 2.75) is 38.8 Å². The van der Waals surface area contributed by atoms with E-state index in [9.17, 15) is 9.59 Å². The summed E-state index contributed by atoms with van der Waals surface area (Å²) in [7, 11) is 0. The maximum absolute atomic E-state index is 12.1. The molecule has 9 nitrogen and oxygen atoms in total. The van der Waals surface area contributed by atoms with Gasteiger partial charge in [-0.1, -0.05) is 5.21 Å². The highest BCUT2D eigenvalue weighted by atomic mass is 16.5. The van der Waals surface area contributed by atoms with E-state index in [1.165, 1.54) is 6.07 Å². The van der Waals surface area contributed by atoms with Crippen molar-refractivity contribution >= 4 is 5.91 Å². The minimum absolute atomic E-state index is 0.145. The van der Waals surface area contributed by atoms with Crippen molar-refractivity contribution in [1.29, 1.82) is 0 Å². The first-order valence-electron chi connectivity index (χ1n) is 7.97. The molecule has 1 saturated heterocycles. The molecule has 2 aromatic heterocycles. The number of H-pyrrole nitrogens is 1. The van der Waals surface area contributed by atoms with Crippen LogP contribution >= 0.6 is 0 Å². The number of aromatic nitrogens is 5. The van der Waals surface area contributed by atoms with Gasteiger partial charge in [0.1, 0.15) is 5.82 Å². The number of carbonyl (C=O) groups is 1. The number of ether oxygens (including phenoxy) is 1. The topological polar surface area (TPSA) is 115 Å². The Morgan fingerprint density at radius 1 is 1.54 bits per heavy atom. The number of hydrogen-bond donors (Lipinski definition) is 2. The van der Waals surface area contributed by atoms with Crippen LogP contribution in [0.4, 0.5) is 0 Å². The summed E-state index contributed by atoms with van der Waals surface area (Å²) in [5, 5.41) is 10.6. The van der Waals surface area contributed by atoms with Gasteiger partial charge in [0.2, 0.25) is 0 Å². The molecular formula is C15H20N6O3. The average molecular weight is 332 g/mol. The molecule has 1 fully saturated rings. The molecule has 1 aliphatic heterocycles. The highest BCUT2D eigenvalue weighted by Gasteiger charge is 2.18. The second kappa shape index (κ2) is 7.35. The number of nitrogens with zero attached hydrogens (tertiary/aromatic N) is 4. The van der Waals surface area contributed by atoms with Crippen molar-refractivity contribution in [3.05, 3.63) is 39.8 Å². The Labute approximate surface area is 138 Å². The Hall–Kier alpha value is -2.55. The van der Waals surface area contributed by atoms with Crippen LogP contribution in [0.1, 0.15) is 34.8 Å².